The standard InChI is InChI=1S/C14H17FO3/c1-8(2)12(14(17)18-4)13(16)10-5-9(3)6-11(15)7-10/h5-8,12H,1-4H3. The molecule has 0 N–H and O–H groups in total. The topological polar surface area (TPSA) is 43.4 Å². The molecule has 0 spiro atoms. The van der Waals surface area contributed by atoms with Crippen LogP contribution in [0.4, 0.5) is 4.39 Å². The number of ether oxygens (including phenoxy) is 1. The molecule has 0 aliphatic heterocycles. The predicted octanol–water partition coefficient (Wildman–Crippen LogP) is 2.76. The molecule has 0 radical (unpaired) electrons. The van der Waals surface area contributed by atoms with Crippen LogP contribution in [0.1, 0.15) is 29.8 Å². The second-order valence-corrected chi connectivity index (χ2v) is 4.63. The van der Waals surface area contributed by atoms with Crippen LogP contribution in [0.2, 0.25) is 0 Å². The molecule has 0 fully saturated rings. The van der Waals surface area contributed by atoms with Gasteiger partial charge in [-0.05, 0) is 36.6 Å². The molecule has 0 aliphatic rings. The first-order valence-electron chi connectivity index (χ1n) is 5.76. The summed E-state index contributed by atoms with van der Waals surface area (Å²) in [6.07, 6.45) is 0. The van der Waals surface area contributed by atoms with Gasteiger partial charge >= 0.3 is 5.97 Å². The summed E-state index contributed by atoms with van der Waals surface area (Å²) < 4.78 is 17.9. The summed E-state index contributed by atoms with van der Waals surface area (Å²) in [6.45, 7) is 5.21. The molecule has 0 saturated heterocycles. The molecule has 0 saturated carbocycles. The first-order chi connectivity index (χ1) is 8.36. The van der Waals surface area contributed by atoms with Crippen molar-refractivity contribution in [1.29, 1.82) is 0 Å². The lowest BCUT2D eigenvalue weighted by molar-refractivity contribution is -0.144. The molecule has 0 heterocycles. The van der Waals surface area contributed by atoms with E-state index in [0.717, 1.165) is 6.07 Å². The van der Waals surface area contributed by atoms with Gasteiger partial charge in [-0.15, -0.1) is 0 Å². The number of methoxy groups -OCH3 is 1. The Morgan fingerprint density at radius 1 is 1.22 bits per heavy atom. The third-order valence-corrected chi connectivity index (χ3v) is 2.73. The van der Waals surface area contributed by atoms with Crippen LogP contribution in [0.3, 0.4) is 0 Å². The second-order valence-electron chi connectivity index (χ2n) is 4.63. The molecular weight excluding hydrogens is 235 g/mol. The summed E-state index contributed by atoms with van der Waals surface area (Å²) in [5.41, 5.74) is 0.849. The van der Waals surface area contributed by atoms with Crippen molar-refractivity contribution in [2.24, 2.45) is 11.8 Å². The molecule has 18 heavy (non-hydrogen) atoms. The summed E-state index contributed by atoms with van der Waals surface area (Å²) in [4.78, 5) is 23.8. The van der Waals surface area contributed by atoms with Crippen LogP contribution < -0.4 is 0 Å². The number of halogens is 1. The zero-order chi connectivity index (χ0) is 13.9. The van der Waals surface area contributed by atoms with E-state index in [1.165, 1.54) is 13.2 Å². The van der Waals surface area contributed by atoms with Crippen LogP contribution in [0.25, 0.3) is 0 Å². The van der Waals surface area contributed by atoms with Gasteiger partial charge in [-0.1, -0.05) is 13.8 Å². The molecule has 1 unspecified atom stereocenters. The smallest absolute Gasteiger partial charge is 0.316 e. The number of Topliss-reactive ketones (excluding diaryl/α,β-unsaturated/α-hetero) is 1. The maximum atomic E-state index is 13.3. The first kappa shape index (κ1) is 14.4. The quantitative estimate of drug-likeness (QED) is 0.470. The number of aryl methyl sites for hydroxylation is 1. The lowest BCUT2D eigenvalue weighted by Crippen LogP contribution is -2.30. The zero-order valence-electron chi connectivity index (χ0n) is 11.0. The van der Waals surface area contributed by atoms with Crippen molar-refractivity contribution in [3.63, 3.8) is 0 Å². The summed E-state index contributed by atoms with van der Waals surface area (Å²) >= 11 is 0. The molecule has 0 amide bonds. The molecule has 1 aromatic carbocycles. The third-order valence-electron chi connectivity index (χ3n) is 2.73. The largest absolute Gasteiger partial charge is 0.468 e. The van der Waals surface area contributed by atoms with Gasteiger partial charge in [0.2, 0.25) is 0 Å². The van der Waals surface area contributed by atoms with Crippen molar-refractivity contribution < 1.29 is 18.7 Å². The van der Waals surface area contributed by atoms with Crippen LogP contribution in [0.5, 0.6) is 0 Å². The maximum absolute atomic E-state index is 13.3. The lowest BCUT2D eigenvalue weighted by Gasteiger charge is -2.17. The van der Waals surface area contributed by atoms with E-state index in [-0.39, 0.29) is 11.5 Å². The molecule has 0 aromatic heterocycles. The molecule has 0 bridgehead atoms. The van der Waals surface area contributed by atoms with Gasteiger partial charge in [0.05, 0.1) is 7.11 Å². The van der Waals surface area contributed by atoms with Gasteiger partial charge in [-0.3, -0.25) is 9.59 Å². The third kappa shape index (κ3) is 3.15. The summed E-state index contributed by atoms with van der Waals surface area (Å²) in [5, 5.41) is 0. The summed E-state index contributed by atoms with van der Waals surface area (Å²) in [6, 6.07) is 4.05. The minimum Gasteiger partial charge on any atom is -0.468 e. The number of esters is 1. The average Bonchev–Trinajstić information content (AvgIpc) is 2.26. The number of hydrogen-bond acceptors (Lipinski definition) is 3. The fourth-order valence-electron chi connectivity index (χ4n) is 1.87. The number of carbonyl (C=O) groups is 2. The van der Waals surface area contributed by atoms with Crippen LogP contribution in [-0.4, -0.2) is 18.9 Å². The monoisotopic (exact) mass is 252 g/mol. The normalized spacial score (nSPS) is 12.3. The molecule has 1 rings (SSSR count). The Bertz CT molecular complexity index is 446. The van der Waals surface area contributed by atoms with Crippen molar-refractivity contribution in [2.75, 3.05) is 7.11 Å². The molecule has 3 nitrogen and oxygen atoms in total. The Balaban J connectivity index is 3.13. The van der Waals surface area contributed by atoms with Crippen molar-refractivity contribution in [3.05, 3.63) is 35.1 Å². The number of hydrogen-bond donors (Lipinski definition) is 0. The maximum Gasteiger partial charge on any atom is 0.316 e. The van der Waals surface area contributed by atoms with E-state index in [1.807, 2.05) is 0 Å². The molecular formula is C14H17FO3. The highest BCUT2D eigenvalue weighted by atomic mass is 19.1. The highest BCUT2D eigenvalue weighted by Crippen LogP contribution is 2.20. The second kappa shape index (κ2) is 5.76. The van der Waals surface area contributed by atoms with E-state index in [1.54, 1.807) is 26.8 Å². The molecule has 1 atom stereocenters. The van der Waals surface area contributed by atoms with Gasteiger partial charge in [-0.2, -0.15) is 0 Å². The Labute approximate surface area is 106 Å². The van der Waals surface area contributed by atoms with Gasteiger partial charge in [0.15, 0.2) is 5.78 Å². The highest BCUT2D eigenvalue weighted by molar-refractivity contribution is 6.08. The molecule has 98 valence electrons. The molecule has 0 aliphatic carbocycles. The van der Waals surface area contributed by atoms with E-state index >= 15 is 0 Å². The highest BCUT2D eigenvalue weighted by Gasteiger charge is 2.31. The lowest BCUT2D eigenvalue weighted by atomic mass is 9.87. The van der Waals surface area contributed by atoms with E-state index in [0.29, 0.717) is 5.56 Å². The number of rotatable bonds is 4. The summed E-state index contributed by atoms with van der Waals surface area (Å²) in [5.74, 6) is -2.56. The van der Waals surface area contributed by atoms with Gasteiger partial charge in [-0.25, -0.2) is 4.39 Å². The molecule has 1 aromatic rings. The van der Waals surface area contributed by atoms with Crippen LogP contribution >= 0.6 is 0 Å². The fourth-order valence-corrected chi connectivity index (χ4v) is 1.87. The zero-order valence-corrected chi connectivity index (χ0v) is 11.0. The van der Waals surface area contributed by atoms with Crippen LogP contribution in [-0.2, 0) is 9.53 Å². The van der Waals surface area contributed by atoms with Gasteiger partial charge < -0.3 is 4.74 Å². The van der Waals surface area contributed by atoms with E-state index in [2.05, 4.69) is 4.74 Å². The van der Waals surface area contributed by atoms with Crippen LogP contribution in [0, 0.1) is 24.6 Å². The van der Waals surface area contributed by atoms with Crippen molar-refractivity contribution in [3.8, 4) is 0 Å². The predicted molar refractivity (Wildman–Crippen MR) is 65.8 cm³/mol. The Morgan fingerprint density at radius 2 is 1.83 bits per heavy atom. The van der Waals surface area contributed by atoms with Crippen molar-refractivity contribution in [2.45, 2.75) is 20.8 Å². The SMILES string of the molecule is COC(=O)C(C(=O)c1cc(C)cc(F)c1)C(C)C. The minimum absolute atomic E-state index is 0.200. The van der Waals surface area contributed by atoms with Crippen molar-refractivity contribution in [1.82, 2.24) is 0 Å². The van der Waals surface area contributed by atoms with Gasteiger partial charge in [0, 0.05) is 5.56 Å². The van der Waals surface area contributed by atoms with Gasteiger partial charge in [0.25, 0.3) is 0 Å². The van der Waals surface area contributed by atoms with Crippen molar-refractivity contribution >= 4 is 11.8 Å². The Hall–Kier alpha value is -1.71. The Morgan fingerprint density at radius 3 is 2.28 bits per heavy atom. The average molecular weight is 252 g/mol. The van der Waals surface area contributed by atoms with Gasteiger partial charge in [0.1, 0.15) is 11.7 Å². The minimum atomic E-state index is -0.892. The Kier molecular flexibility index (Phi) is 4.59. The summed E-state index contributed by atoms with van der Waals surface area (Å²) in [7, 11) is 1.24. The number of benzene rings is 1. The van der Waals surface area contributed by atoms with E-state index in [4.69, 9.17) is 0 Å². The number of ketones is 1. The van der Waals surface area contributed by atoms with Crippen LogP contribution in [0.15, 0.2) is 18.2 Å². The van der Waals surface area contributed by atoms with E-state index in [9.17, 15) is 14.0 Å². The fraction of sp³-hybridized carbons (Fsp3) is 0.429. The number of carbonyl (C=O) groups excluding carboxylic acids is 2. The van der Waals surface area contributed by atoms with E-state index < -0.39 is 23.5 Å². The molecule has 4 heteroatoms. The first-order valence-corrected chi connectivity index (χ1v) is 5.76.